The maximum absolute atomic E-state index is 12.9. The summed E-state index contributed by atoms with van der Waals surface area (Å²) in [6.45, 7) is 6.77. The fraction of sp³-hybridized carbons (Fsp3) is 0.500. The maximum Gasteiger partial charge on any atom is 0.203 e. The van der Waals surface area contributed by atoms with E-state index >= 15 is 0 Å². The molecule has 1 fully saturated rings. The number of hydrogen-bond acceptors (Lipinski definition) is 6. The Morgan fingerprint density at radius 2 is 1.39 bits per heavy atom. The maximum atomic E-state index is 12.9. The lowest BCUT2D eigenvalue weighted by Gasteiger charge is -2.34. The molecule has 0 spiro atoms. The highest BCUT2D eigenvalue weighted by molar-refractivity contribution is 5.53. The Balaban J connectivity index is 1.36. The van der Waals surface area contributed by atoms with Crippen LogP contribution in [0.2, 0.25) is 0 Å². The van der Waals surface area contributed by atoms with E-state index in [1.54, 1.807) is 33.5 Å². The van der Waals surface area contributed by atoms with Gasteiger partial charge in [0.05, 0.1) is 21.3 Å². The monoisotopic (exact) mass is 432 g/mol. The van der Waals surface area contributed by atoms with Crippen LogP contribution in [-0.4, -0.2) is 77.0 Å². The zero-order chi connectivity index (χ0) is 22.1. The van der Waals surface area contributed by atoms with Gasteiger partial charge in [0.25, 0.3) is 0 Å². The molecular weight excluding hydrogens is 399 g/mol. The Morgan fingerprint density at radius 3 is 1.94 bits per heavy atom. The van der Waals surface area contributed by atoms with Crippen LogP contribution in [0.15, 0.2) is 36.4 Å². The molecule has 7 heteroatoms. The van der Waals surface area contributed by atoms with Gasteiger partial charge in [0, 0.05) is 32.7 Å². The molecule has 6 nitrogen and oxygen atoms in total. The summed E-state index contributed by atoms with van der Waals surface area (Å²) in [6, 6.07) is 10.2. The summed E-state index contributed by atoms with van der Waals surface area (Å²) in [4.78, 5) is 4.93. The predicted octanol–water partition coefficient (Wildman–Crippen LogP) is 3.48. The highest BCUT2D eigenvalue weighted by atomic mass is 19.1. The lowest BCUT2D eigenvalue weighted by molar-refractivity contribution is 0.116. The molecule has 0 radical (unpaired) electrons. The molecule has 1 aliphatic rings. The highest BCUT2D eigenvalue weighted by Gasteiger charge is 2.17. The van der Waals surface area contributed by atoms with Crippen molar-refractivity contribution in [3.8, 4) is 23.0 Å². The van der Waals surface area contributed by atoms with Gasteiger partial charge in [-0.05, 0) is 61.3 Å². The molecule has 0 unspecified atom stereocenters. The molecule has 0 aliphatic carbocycles. The molecule has 1 aliphatic heterocycles. The van der Waals surface area contributed by atoms with Gasteiger partial charge in [0.2, 0.25) is 5.75 Å². The minimum Gasteiger partial charge on any atom is -0.493 e. The third kappa shape index (κ3) is 6.74. The molecule has 0 bridgehead atoms. The molecule has 31 heavy (non-hydrogen) atoms. The second-order valence-corrected chi connectivity index (χ2v) is 7.62. The standard InChI is InChI=1S/C24H33FN2O4/c1-28-22-17-19(18-23(29-2)24(22)30-3)5-4-10-26-11-13-27(14-12-26)15-16-31-21-8-6-20(25)7-9-21/h6-9,17-18H,4-5,10-16H2,1-3H3. The normalized spacial score (nSPS) is 15.0. The minimum absolute atomic E-state index is 0.242. The van der Waals surface area contributed by atoms with Gasteiger partial charge in [0.1, 0.15) is 18.2 Å². The van der Waals surface area contributed by atoms with Crippen LogP contribution in [0.5, 0.6) is 23.0 Å². The van der Waals surface area contributed by atoms with Crippen LogP contribution >= 0.6 is 0 Å². The lowest BCUT2D eigenvalue weighted by atomic mass is 10.1. The molecule has 170 valence electrons. The summed E-state index contributed by atoms with van der Waals surface area (Å²) in [7, 11) is 4.91. The molecular formula is C24H33FN2O4. The lowest BCUT2D eigenvalue weighted by Crippen LogP contribution is -2.47. The van der Waals surface area contributed by atoms with Crippen molar-refractivity contribution in [1.29, 1.82) is 0 Å². The number of halogens is 1. The molecule has 0 aromatic heterocycles. The first-order chi connectivity index (χ1) is 15.1. The molecule has 2 aromatic carbocycles. The minimum atomic E-state index is -0.242. The van der Waals surface area contributed by atoms with Crippen LogP contribution in [0.1, 0.15) is 12.0 Å². The van der Waals surface area contributed by atoms with Gasteiger partial charge in [-0.15, -0.1) is 0 Å². The van der Waals surface area contributed by atoms with E-state index in [-0.39, 0.29) is 5.82 Å². The van der Waals surface area contributed by atoms with Crippen LogP contribution in [0.3, 0.4) is 0 Å². The first-order valence-electron chi connectivity index (χ1n) is 10.7. The summed E-state index contributed by atoms with van der Waals surface area (Å²) in [5, 5.41) is 0. The van der Waals surface area contributed by atoms with Gasteiger partial charge in [-0.3, -0.25) is 4.90 Å². The van der Waals surface area contributed by atoms with Crippen molar-refractivity contribution in [2.24, 2.45) is 0 Å². The summed E-state index contributed by atoms with van der Waals surface area (Å²) in [6.07, 6.45) is 2.04. The average Bonchev–Trinajstić information content (AvgIpc) is 2.80. The number of piperazine rings is 1. The Kier molecular flexibility index (Phi) is 8.79. The molecule has 1 heterocycles. The highest BCUT2D eigenvalue weighted by Crippen LogP contribution is 2.38. The van der Waals surface area contributed by atoms with Gasteiger partial charge < -0.3 is 23.8 Å². The van der Waals surface area contributed by atoms with E-state index in [1.165, 1.54) is 17.7 Å². The number of aryl methyl sites for hydroxylation is 1. The van der Waals surface area contributed by atoms with E-state index in [0.717, 1.165) is 52.1 Å². The van der Waals surface area contributed by atoms with Crippen molar-refractivity contribution in [1.82, 2.24) is 9.80 Å². The fourth-order valence-electron chi connectivity index (χ4n) is 3.85. The number of ether oxygens (including phenoxy) is 4. The number of methoxy groups -OCH3 is 3. The molecule has 3 rings (SSSR count). The Hall–Kier alpha value is -2.51. The summed E-state index contributed by atoms with van der Waals surface area (Å²) < 4.78 is 34.9. The third-order valence-electron chi connectivity index (χ3n) is 5.62. The molecule has 0 saturated carbocycles. The number of nitrogens with zero attached hydrogens (tertiary/aromatic N) is 2. The number of hydrogen-bond donors (Lipinski definition) is 0. The van der Waals surface area contributed by atoms with Crippen LogP contribution in [-0.2, 0) is 6.42 Å². The second-order valence-electron chi connectivity index (χ2n) is 7.62. The molecule has 0 N–H and O–H groups in total. The van der Waals surface area contributed by atoms with Crippen LogP contribution in [0.25, 0.3) is 0 Å². The molecule has 1 saturated heterocycles. The Labute approximate surface area is 184 Å². The van der Waals surface area contributed by atoms with Crippen LogP contribution in [0, 0.1) is 5.82 Å². The Morgan fingerprint density at radius 1 is 0.806 bits per heavy atom. The fourth-order valence-corrected chi connectivity index (χ4v) is 3.85. The van der Waals surface area contributed by atoms with Crippen molar-refractivity contribution in [3.63, 3.8) is 0 Å². The van der Waals surface area contributed by atoms with Crippen molar-refractivity contribution >= 4 is 0 Å². The quantitative estimate of drug-likeness (QED) is 0.542. The molecule has 0 amide bonds. The number of benzene rings is 2. The molecule has 2 aromatic rings. The smallest absolute Gasteiger partial charge is 0.203 e. The topological polar surface area (TPSA) is 43.4 Å². The van der Waals surface area contributed by atoms with Crippen molar-refractivity contribution in [2.45, 2.75) is 12.8 Å². The first kappa shape index (κ1) is 23.2. The van der Waals surface area contributed by atoms with E-state index in [2.05, 4.69) is 9.80 Å². The van der Waals surface area contributed by atoms with Gasteiger partial charge in [-0.25, -0.2) is 4.39 Å². The second kappa shape index (κ2) is 11.8. The average molecular weight is 433 g/mol. The van der Waals surface area contributed by atoms with Crippen LogP contribution < -0.4 is 18.9 Å². The van der Waals surface area contributed by atoms with E-state index in [4.69, 9.17) is 18.9 Å². The van der Waals surface area contributed by atoms with Gasteiger partial charge in [-0.1, -0.05) is 0 Å². The predicted molar refractivity (Wildman–Crippen MR) is 119 cm³/mol. The van der Waals surface area contributed by atoms with E-state index in [1.807, 2.05) is 12.1 Å². The zero-order valence-corrected chi connectivity index (χ0v) is 18.7. The van der Waals surface area contributed by atoms with E-state index in [9.17, 15) is 4.39 Å². The van der Waals surface area contributed by atoms with E-state index < -0.39 is 0 Å². The Bertz CT molecular complexity index is 783. The number of rotatable bonds is 11. The summed E-state index contributed by atoms with van der Waals surface area (Å²) in [5.41, 5.74) is 1.19. The third-order valence-corrected chi connectivity index (χ3v) is 5.62. The largest absolute Gasteiger partial charge is 0.493 e. The van der Waals surface area contributed by atoms with Gasteiger partial charge in [-0.2, -0.15) is 0 Å². The molecule has 0 atom stereocenters. The van der Waals surface area contributed by atoms with Gasteiger partial charge >= 0.3 is 0 Å². The zero-order valence-electron chi connectivity index (χ0n) is 18.7. The first-order valence-corrected chi connectivity index (χ1v) is 10.7. The summed E-state index contributed by atoms with van der Waals surface area (Å²) >= 11 is 0. The van der Waals surface area contributed by atoms with Crippen molar-refractivity contribution in [3.05, 3.63) is 47.8 Å². The SMILES string of the molecule is COc1cc(CCCN2CCN(CCOc3ccc(F)cc3)CC2)cc(OC)c1OC. The van der Waals surface area contributed by atoms with E-state index in [0.29, 0.717) is 29.6 Å². The summed E-state index contributed by atoms with van der Waals surface area (Å²) in [5.74, 6) is 2.51. The van der Waals surface area contributed by atoms with Crippen molar-refractivity contribution in [2.75, 3.05) is 67.2 Å². The van der Waals surface area contributed by atoms with Crippen LogP contribution in [0.4, 0.5) is 4.39 Å². The van der Waals surface area contributed by atoms with Crippen molar-refractivity contribution < 1.29 is 23.3 Å². The van der Waals surface area contributed by atoms with Gasteiger partial charge in [0.15, 0.2) is 11.5 Å².